The first kappa shape index (κ1) is 10.7. The van der Waals surface area contributed by atoms with Crippen LogP contribution in [-0.4, -0.2) is 12.6 Å². The first-order chi connectivity index (χ1) is 6.72. The van der Waals surface area contributed by atoms with E-state index < -0.39 is 0 Å². The first-order valence-corrected chi connectivity index (χ1v) is 4.62. The predicted octanol–water partition coefficient (Wildman–Crippen LogP) is 2.32. The lowest BCUT2D eigenvalue weighted by molar-refractivity contribution is -0.143. The lowest BCUT2D eigenvalue weighted by Gasteiger charge is -2.01. The van der Waals surface area contributed by atoms with Crippen molar-refractivity contribution < 1.29 is 13.9 Å². The highest BCUT2D eigenvalue weighted by Gasteiger charge is 2.02. The maximum Gasteiger partial charge on any atom is 0.306 e. The van der Waals surface area contributed by atoms with E-state index in [1.54, 1.807) is 19.1 Å². The molecule has 0 unspecified atom stereocenters. The molecule has 1 rings (SSSR count). The van der Waals surface area contributed by atoms with E-state index in [9.17, 15) is 9.18 Å². The fraction of sp³-hybridized carbons (Fsp3) is 0.364. The third-order valence-electron chi connectivity index (χ3n) is 1.84. The van der Waals surface area contributed by atoms with Gasteiger partial charge in [-0.3, -0.25) is 4.79 Å². The second kappa shape index (κ2) is 5.37. The number of hydrogen-bond donors (Lipinski definition) is 0. The van der Waals surface area contributed by atoms with Gasteiger partial charge in [-0.25, -0.2) is 4.39 Å². The minimum atomic E-state index is -0.259. The van der Waals surface area contributed by atoms with Gasteiger partial charge in [0, 0.05) is 6.42 Å². The van der Waals surface area contributed by atoms with Gasteiger partial charge in [0.2, 0.25) is 0 Å². The number of rotatable bonds is 4. The van der Waals surface area contributed by atoms with Crippen molar-refractivity contribution in [3.8, 4) is 0 Å². The average Bonchev–Trinajstić information content (AvgIpc) is 2.17. The number of hydrogen-bond acceptors (Lipinski definition) is 2. The molecule has 0 saturated carbocycles. The van der Waals surface area contributed by atoms with Crippen LogP contribution < -0.4 is 0 Å². The molecular weight excluding hydrogens is 183 g/mol. The molecule has 2 nitrogen and oxygen atoms in total. The lowest BCUT2D eigenvalue weighted by Crippen LogP contribution is -2.05. The van der Waals surface area contributed by atoms with Gasteiger partial charge in [-0.2, -0.15) is 0 Å². The van der Waals surface area contributed by atoms with Gasteiger partial charge in [0.25, 0.3) is 0 Å². The lowest BCUT2D eigenvalue weighted by atomic mass is 10.1. The molecule has 0 heterocycles. The maximum absolute atomic E-state index is 12.5. The van der Waals surface area contributed by atoms with Crippen LogP contribution in [-0.2, 0) is 16.0 Å². The summed E-state index contributed by atoms with van der Waals surface area (Å²) in [6, 6.07) is 6.13. The SMILES string of the molecule is CCOC(=O)CCc1ccc(F)cc1. The molecular formula is C11H13FO2. The number of carbonyl (C=O) groups is 1. The number of benzene rings is 1. The molecule has 1 aromatic carbocycles. The molecule has 0 amide bonds. The van der Waals surface area contributed by atoms with Crippen LogP contribution in [0.15, 0.2) is 24.3 Å². The third-order valence-corrected chi connectivity index (χ3v) is 1.84. The molecule has 0 fully saturated rings. The zero-order valence-corrected chi connectivity index (χ0v) is 8.13. The largest absolute Gasteiger partial charge is 0.466 e. The Hall–Kier alpha value is -1.38. The smallest absolute Gasteiger partial charge is 0.306 e. The standard InChI is InChI=1S/C11H13FO2/c1-2-14-11(13)8-5-9-3-6-10(12)7-4-9/h3-4,6-7H,2,5,8H2,1H3. The highest BCUT2D eigenvalue weighted by atomic mass is 19.1. The van der Waals surface area contributed by atoms with Gasteiger partial charge in [-0.1, -0.05) is 12.1 Å². The Balaban J connectivity index is 2.38. The number of ether oxygens (including phenoxy) is 1. The summed E-state index contributed by atoms with van der Waals surface area (Å²) >= 11 is 0. The first-order valence-electron chi connectivity index (χ1n) is 4.62. The zero-order chi connectivity index (χ0) is 10.4. The Kier molecular flexibility index (Phi) is 4.11. The molecule has 76 valence electrons. The van der Waals surface area contributed by atoms with E-state index >= 15 is 0 Å². The number of aryl methyl sites for hydroxylation is 1. The summed E-state index contributed by atoms with van der Waals surface area (Å²) in [5, 5.41) is 0. The van der Waals surface area contributed by atoms with Crippen molar-refractivity contribution in [1.29, 1.82) is 0 Å². The molecule has 0 bridgehead atoms. The zero-order valence-electron chi connectivity index (χ0n) is 8.13. The van der Waals surface area contributed by atoms with Gasteiger partial charge in [0.1, 0.15) is 5.82 Å². The van der Waals surface area contributed by atoms with Crippen molar-refractivity contribution in [2.75, 3.05) is 6.61 Å². The molecule has 0 spiro atoms. The van der Waals surface area contributed by atoms with E-state index in [-0.39, 0.29) is 11.8 Å². The Labute approximate surface area is 82.7 Å². The fourth-order valence-electron chi connectivity index (χ4n) is 1.13. The van der Waals surface area contributed by atoms with Crippen LogP contribution in [0.3, 0.4) is 0 Å². The second-order valence-electron chi connectivity index (χ2n) is 2.93. The number of esters is 1. The summed E-state index contributed by atoms with van der Waals surface area (Å²) in [4.78, 5) is 11.0. The molecule has 0 N–H and O–H groups in total. The Morgan fingerprint density at radius 2 is 2.00 bits per heavy atom. The highest BCUT2D eigenvalue weighted by Crippen LogP contribution is 2.05. The van der Waals surface area contributed by atoms with Crippen molar-refractivity contribution in [3.05, 3.63) is 35.6 Å². The molecule has 0 aliphatic heterocycles. The second-order valence-corrected chi connectivity index (χ2v) is 2.93. The van der Waals surface area contributed by atoms with Crippen molar-refractivity contribution in [1.82, 2.24) is 0 Å². The van der Waals surface area contributed by atoms with Gasteiger partial charge in [-0.15, -0.1) is 0 Å². The Bertz CT molecular complexity index is 293. The minimum absolute atomic E-state index is 0.211. The van der Waals surface area contributed by atoms with Gasteiger partial charge in [0.15, 0.2) is 0 Å². The van der Waals surface area contributed by atoms with Gasteiger partial charge >= 0.3 is 5.97 Å². The summed E-state index contributed by atoms with van der Waals surface area (Å²) in [5.41, 5.74) is 0.944. The predicted molar refractivity (Wildman–Crippen MR) is 51.4 cm³/mol. The molecule has 1 aromatic rings. The topological polar surface area (TPSA) is 26.3 Å². The van der Waals surface area contributed by atoms with Crippen LogP contribution in [0.1, 0.15) is 18.9 Å². The summed E-state index contributed by atoms with van der Waals surface area (Å²) in [7, 11) is 0. The van der Waals surface area contributed by atoms with E-state index in [4.69, 9.17) is 4.74 Å². The van der Waals surface area contributed by atoms with Crippen LogP contribution in [0, 0.1) is 5.82 Å². The summed E-state index contributed by atoms with van der Waals surface area (Å²) < 4.78 is 17.3. The number of halogens is 1. The fourth-order valence-corrected chi connectivity index (χ4v) is 1.13. The molecule has 0 radical (unpaired) electrons. The highest BCUT2D eigenvalue weighted by molar-refractivity contribution is 5.69. The molecule has 0 aliphatic rings. The molecule has 0 saturated heterocycles. The Morgan fingerprint density at radius 1 is 1.36 bits per heavy atom. The van der Waals surface area contributed by atoms with Crippen LogP contribution in [0.5, 0.6) is 0 Å². The summed E-state index contributed by atoms with van der Waals surface area (Å²) in [6.45, 7) is 2.18. The normalized spacial score (nSPS) is 9.86. The van der Waals surface area contributed by atoms with Gasteiger partial charge in [0.05, 0.1) is 6.61 Å². The molecule has 0 aliphatic carbocycles. The van der Waals surface area contributed by atoms with Crippen LogP contribution >= 0.6 is 0 Å². The third kappa shape index (κ3) is 3.56. The van der Waals surface area contributed by atoms with E-state index in [1.807, 2.05) is 0 Å². The van der Waals surface area contributed by atoms with E-state index in [1.165, 1.54) is 12.1 Å². The molecule has 14 heavy (non-hydrogen) atoms. The van der Waals surface area contributed by atoms with Crippen molar-refractivity contribution in [3.63, 3.8) is 0 Å². The van der Waals surface area contributed by atoms with Crippen LogP contribution in [0.25, 0.3) is 0 Å². The Morgan fingerprint density at radius 3 is 2.57 bits per heavy atom. The van der Waals surface area contributed by atoms with Gasteiger partial charge in [-0.05, 0) is 31.0 Å². The van der Waals surface area contributed by atoms with Crippen LogP contribution in [0.4, 0.5) is 4.39 Å². The van der Waals surface area contributed by atoms with Gasteiger partial charge < -0.3 is 4.74 Å². The van der Waals surface area contributed by atoms with E-state index in [2.05, 4.69) is 0 Å². The monoisotopic (exact) mass is 196 g/mol. The number of carbonyl (C=O) groups excluding carboxylic acids is 1. The summed E-state index contributed by atoms with van der Waals surface area (Å²) in [6.07, 6.45) is 0.943. The van der Waals surface area contributed by atoms with Crippen LogP contribution in [0.2, 0.25) is 0 Å². The van der Waals surface area contributed by atoms with E-state index in [0.29, 0.717) is 19.4 Å². The quantitative estimate of drug-likeness (QED) is 0.691. The summed E-state index contributed by atoms with van der Waals surface area (Å²) in [5.74, 6) is -0.471. The average molecular weight is 196 g/mol. The van der Waals surface area contributed by atoms with E-state index in [0.717, 1.165) is 5.56 Å². The molecule has 3 heteroatoms. The maximum atomic E-state index is 12.5. The van der Waals surface area contributed by atoms with Crippen molar-refractivity contribution in [2.45, 2.75) is 19.8 Å². The molecule has 0 aromatic heterocycles. The van der Waals surface area contributed by atoms with Crippen molar-refractivity contribution in [2.24, 2.45) is 0 Å². The van der Waals surface area contributed by atoms with Crippen molar-refractivity contribution >= 4 is 5.97 Å². The molecule has 0 atom stereocenters. The minimum Gasteiger partial charge on any atom is -0.466 e.